The molecule has 0 heterocycles. The van der Waals surface area contributed by atoms with Crippen LogP contribution >= 0.6 is 23.5 Å². The van der Waals surface area contributed by atoms with Crippen LogP contribution in [-0.2, 0) is 19.1 Å². The molecule has 0 amide bonds. The van der Waals surface area contributed by atoms with Gasteiger partial charge in [-0.3, -0.25) is 14.4 Å². The number of esters is 1. The molecule has 48 heavy (non-hydrogen) atoms. The van der Waals surface area contributed by atoms with Gasteiger partial charge in [-0.2, -0.15) is 0 Å². The Bertz CT molecular complexity index is 762. The molecule has 5 nitrogen and oxygen atoms in total. The maximum absolute atomic E-state index is 12.9. The number of ether oxygens (including phenoxy) is 1. The van der Waals surface area contributed by atoms with Crippen LogP contribution in [0.15, 0.2) is 0 Å². The van der Waals surface area contributed by atoms with Crippen molar-refractivity contribution in [3.05, 3.63) is 0 Å². The molecule has 284 valence electrons. The lowest BCUT2D eigenvalue weighted by molar-refractivity contribution is -0.150. The van der Waals surface area contributed by atoms with Crippen LogP contribution in [0, 0.1) is 10.8 Å². The molecule has 0 saturated carbocycles. The maximum Gasteiger partial charge on any atom is 0.306 e. The van der Waals surface area contributed by atoms with E-state index in [9.17, 15) is 14.4 Å². The highest BCUT2D eigenvalue weighted by molar-refractivity contribution is 8.14. The number of rotatable bonds is 33. The molecule has 0 radical (unpaired) electrons. The van der Waals surface area contributed by atoms with Crippen LogP contribution in [0.1, 0.15) is 196 Å². The van der Waals surface area contributed by atoms with Gasteiger partial charge >= 0.3 is 5.97 Å². The summed E-state index contributed by atoms with van der Waals surface area (Å²) >= 11 is 3.07. The first-order chi connectivity index (χ1) is 22.9. The molecule has 0 atom stereocenters. The minimum absolute atomic E-state index is 0.0399. The zero-order chi connectivity index (χ0) is 36.1. The molecule has 0 rings (SSSR count). The number of unbranched alkanes of at least 4 members (excludes halogenated alkanes) is 14. The van der Waals surface area contributed by atoms with E-state index in [1.165, 1.54) is 87.7 Å². The van der Waals surface area contributed by atoms with Crippen molar-refractivity contribution in [3.63, 3.8) is 0 Å². The average Bonchev–Trinajstić information content (AvgIpc) is 3.02. The van der Waals surface area contributed by atoms with Gasteiger partial charge in [0.2, 0.25) is 0 Å². The topological polar surface area (TPSA) is 63.7 Å². The summed E-state index contributed by atoms with van der Waals surface area (Å²) in [6.45, 7) is 13.8. The lowest BCUT2D eigenvalue weighted by atomic mass is 9.87. The van der Waals surface area contributed by atoms with Gasteiger partial charge in [-0.05, 0) is 78.4 Å². The van der Waals surface area contributed by atoms with Crippen molar-refractivity contribution >= 4 is 39.7 Å². The van der Waals surface area contributed by atoms with E-state index in [2.05, 4.69) is 46.4 Å². The van der Waals surface area contributed by atoms with Gasteiger partial charge in [-0.15, -0.1) is 0 Å². The highest BCUT2D eigenvalue weighted by Crippen LogP contribution is 2.32. The molecule has 0 unspecified atom stereocenters. The molecular weight excluding hydrogens is 635 g/mol. The van der Waals surface area contributed by atoms with Crippen LogP contribution in [0.4, 0.5) is 0 Å². The Kier molecular flexibility index (Phi) is 29.8. The van der Waals surface area contributed by atoms with Crippen molar-refractivity contribution in [1.29, 1.82) is 0 Å². The van der Waals surface area contributed by atoms with Gasteiger partial charge in [0.15, 0.2) is 10.2 Å². The fraction of sp³-hybridized carbons (Fsp3) is 0.927. The Hall–Kier alpha value is -0.530. The van der Waals surface area contributed by atoms with Crippen molar-refractivity contribution in [2.75, 3.05) is 32.1 Å². The van der Waals surface area contributed by atoms with Gasteiger partial charge in [0, 0.05) is 28.8 Å². The quantitative estimate of drug-likeness (QED) is 0.0495. The number of hydrogen-bond acceptors (Lipinski definition) is 7. The Labute approximate surface area is 307 Å². The molecule has 7 heteroatoms. The smallest absolute Gasteiger partial charge is 0.306 e. The highest BCUT2D eigenvalue weighted by atomic mass is 32.2. The predicted octanol–water partition coefficient (Wildman–Crippen LogP) is 12.4. The Morgan fingerprint density at radius 2 is 0.958 bits per heavy atom. The summed E-state index contributed by atoms with van der Waals surface area (Å²) in [5.74, 6) is 1.81. The molecule has 0 saturated heterocycles. The maximum atomic E-state index is 12.9. The largest absolute Gasteiger partial charge is 0.462 e. The summed E-state index contributed by atoms with van der Waals surface area (Å²) in [5.41, 5.74) is -0.569. The van der Waals surface area contributed by atoms with Crippen LogP contribution in [0.5, 0.6) is 0 Å². The van der Waals surface area contributed by atoms with Crippen molar-refractivity contribution in [3.8, 4) is 0 Å². The van der Waals surface area contributed by atoms with E-state index >= 15 is 0 Å². The van der Waals surface area contributed by atoms with E-state index in [-0.39, 0.29) is 22.9 Å². The molecule has 0 aliphatic heterocycles. The first-order valence-electron chi connectivity index (χ1n) is 20.0. The van der Waals surface area contributed by atoms with Gasteiger partial charge in [-0.25, -0.2) is 0 Å². The summed E-state index contributed by atoms with van der Waals surface area (Å²) in [4.78, 5) is 40.5. The molecule has 0 aliphatic rings. The standard InChI is InChI=1S/C41H79NO4S2/c1-9-11-13-15-17-25-34-47-38(44)40(3,4)31-23-19-21-28-36(46-37(43)30-27-33-42(7)8)29-22-20-24-32-41(5,6)39(45)48-35-26-18-16-14-12-10-2/h36H,9-35H2,1-8H3. The average molecular weight is 714 g/mol. The van der Waals surface area contributed by atoms with E-state index < -0.39 is 0 Å². The molecule has 0 bridgehead atoms. The minimum Gasteiger partial charge on any atom is -0.462 e. The first kappa shape index (κ1) is 47.5. The Morgan fingerprint density at radius 3 is 1.38 bits per heavy atom. The molecule has 0 aromatic carbocycles. The summed E-state index contributed by atoms with van der Waals surface area (Å²) in [6, 6.07) is 0. The van der Waals surface area contributed by atoms with Crippen molar-refractivity contribution in [2.45, 2.75) is 202 Å². The lowest BCUT2D eigenvalue weighted by Gasteiger charge is -2.23. The molecule has 0 aliphatic carbocycles. The second-order valence-corrected chi connectivity index (χ2v) is 17.9. The van der Waals surface area contributed by atoms with Crippen molar-refractivity contribution < 1.29 is 19.1 Å². The predicted molar refractivity (Wildman–Crippen MR) is 213 cm³/mol. The summed E-state index contributed by atoms with van der Waals surface area (Å²) in [6.07, 6.45) is 26.2. The van der Waals surface area contributed by atoms with Crippen LogP contribution in [0.2, 0.25) is 0 Å². The Balaban J connectivity index is 4.54. The van der Waals surface area contributed by atoms with E-state index in [0.29, 0.717) is 16.7 Å². The number of carbonyl (C=O) groups excluding carboxylic acids is 3. The number of thioether (sulfide) groups is 2. The van der Waals surface area contributed by atoms with Crippen molar-refractivity contribution in [1.82, 2.24) is 4.90 Å². The normalized spacial score (nSPS) is 12.3. The number of nitrogens with zero attached hydrogens (tertiary/aromatic N) is 1. The zero-order valence-corrected chi connectivity index (χ0v) is 34.7. The zero-order valence-electron chi connectivity index (χ0n) is 33.1. The van der Waals surface area contributed by atoms with Crippen LogP contribution < -0.4 is 0 Å². The van der Waals surface area contributed by atoms with Crippen LogP contribution in [0.25, 0.3) is 0 Å². The van der Waals surface area contributed by atoms with Gasteiger partial charge in [0.25, 0.3) is 0 Å². The lowest BCUT2D eigenvalue weighted by Crippen LogP contribution is -2.22. The fourth-order valence-electron chi connectivity index (χ4n) is 5.97. The van der Waals surface area contributed by atoms with Crippen molar-refractivity contribution in [2.24, 2.45) is 10.8 Å². The van der Waals surface area contributed by atoms with Gasteiger partial charge in [0.1, 0.15) is 6.10 Å². The molecule has 0 N–H and O–H groups in total. The summed E-state index contributed by atoms with van der Waals surface area (Å²) < 4.78 is 6.00. The number of carbonyl (C=O) groups is 3. The summed E-state index contributed by atoms with van der Waals surface area (Å²) in [7, 11) is 4.06. The van der Waals surface area contributed by atoms with Crippen LogP contribution in [0.3, 0.4) is 0 Å². The summed E-state index contributed by atoms with van der Waals surface area (Å²) in [5, 5.41) is 0.670. The monoisotopic (exact) mass is 714 g/mol. The first-order valence-corrected chi connectivity index (χ1v) is 22.0. The third-order valence-electron chi connectivity index (χ3n) is 9.51. The molecule has 0 fully saturated rings. The molecule has 0 aromatic heterocycles. The highest BCUT2D eigenvalue weighted by Gasteiger charge is 2.28. The van der Waals surface area contributed by atoms with E-state index in [1.54, 1.807) is 0 Å². The van der Waals surface area contributed by atoms with Gasteiger partial charge in [0.05, 0.1) is 0 Å². The second kappa shape index (κ2) is 30.1. The third kappa shape index (κ3) is 27.2. The van der Waals surface area contributed by atoms with Gasteiger partial charge < -0.3 is 9.64 Å². The SMILES string of the molecule is CCCCCCCCSC(=O)C(C)(C)CCCCCC(CCCCCC(C)(C)C(=O)SCCCCCCCC)OC(=O)CCCN(C)C. The van der Waals surface area contributed by atoms with E-state index in [4.69, 9.17) is 4.74 Å². The second-order valence-electron chi connectivity index (χ2n) is 15.8. The molecular formula is C41H79NO4S2. The fourth-order valence-corrected chi connectivity index (χ4v) is 8.02. The molecule has 0 spiro atoms. The van der Waals surface area contributed by atoms with Gasteiger partial charge in [-0.1, -0.05) is 155 Å². The van der Waals surface area contributed by atoms with Crippen LogP contribution in [-0.4, -0.2) is 59.3 Å². The van der Waals surface area contributed by atoms with E-state index in [0.717, 1.165) is 102 Å². The van der Waals surface area contributed by atoms with E-state index in [1.807, 2.05) is 14.1 Å². The molecule has 0 aromatic rings. The minimum atomic E-state index is -0.285. The number of hydrogen-bond donors (Lipinski definition) is 0. The Morgan fingerprint density at radius 1 is 0.562 bits per heavy atom. The third-order valence-corrected chi connectivity index (χ3v) is 12.1.